The number of hydrogen-bond donors (Lipinski definition) is 3. The van der Waals surface area contributed by atoms with Crippen LogP contribution in [0.3, 0.4) is 0 Å². The van der Waals surface area contributed by atoms with Crippen molar-refractivity contribution in [3.8, 4) is 0 Å². The summed E-state index contributed by atoms with van der Waals surface area (Å²) in [5.41, 5.74) is 0. The van der Waals surface area contributed by atoms with Crippen LogP contribution in [-0.2, 0) is 4.57 Å². The standard InChI is InChI=1S/C12H25O3PS2/c13-16(14,15)11-9-7-5-3-1-2-4-6-8-10-12(17)18/h1-11H2,(H,17,18)(H2,13,14,15). The summed E-state index contributed by atoms with van der Waals surface area (Å²) in [5.74, 6) is 0. The van der Waals surface area contributed by atoms with E-state index in [4.69, 9.17) is 22.0 Å². The van der Waals surface area contributed by atoms with Gasteiger partial charge >= 0.3 is 7.60 Å². The van der Waals surface area contributed by atoms with Gasteiger partial charge in [-0.3, -0.25) is 4.57 Å². The zero-order valence-electron chi connectivity index (χ0n) is 10.9. The highest BCUT2D eigenvalue weighted by Crippen LogP contribution is 2.35. The lowest BCUT2D eigenvalue weighted by molar-refractivity contribution is 0.370. The molecule has 0 bridgehead atoms. The Morgan fingerprint density at radius 2 is 1.28 bits per heavy atom. The average Bonchev–Trinajstić information content (AvgIpc) is 2.24. The molecule has 0 saturated heterocycles. The number of thiocarbonyl (C=S) groups is 1. The van der Waals surface area contributed by atoms with Gasteiger partial charge in [0.05, 0.1) is 0 Å². The molecule has 6 heteroatoms. The van der Waals surface area contributed by atoms with E-state index in [-0.39, 0.29) is 6.16 Å². The zero-order chi connectivity index (χ0) is 13.9. The molecule has 3 nitrogen and oxygen atoms in total. The molecule has 0 fully saturated rings. The van der Waals surface area contributed by atoms with Crippen LogP contribution in [0.15, 0.2) is 0 Å². The van der Waals surface area contributed by atoms with Crippen molar-refractivity contribution in [3.05, 3.63) is 0 Å². The summed E-state index contributed by atoms with van der Waals surface area (Å²) in [5, 5.41) is 0. The highest BCUT2D eigenvalue weighted by atomic mass is 32.1. The summed E-state index contributed by atoms with van der Waals surface area (Å²) in [4.78, 5) is 17.4. The molecule has 0 unspecified atom stereocenters. The quantitative estimate of drug-likeness (QED) is 0.217. The molecule has 108 valence electrons. The molecule has 0 aliphatic rings. The molecule has 0 aromatic rings. The molecule has 0 rings (SSSR count). The molecule has 0 aliphatic heterocycles. The van der Waals surface area contributed by atoms with Gasteiger partial charge in [-0.05, 0) is 19.3 Å². The molecule has 0 spiro atoms. The second-order valence-corrected chi connectivity index (χ2v) is 7.83. The maximum atomic E-state index is 10.6. The molecule has 0 heterocycles. The van der Waals surface area contributed by atoms with Gasteiger partial charge in [0.1, 0.15) is 0 Å². The van der Waals surface area contributed by atoms with Crippen LogP contribution in [0.5, 0.6) is 0 Å². The van der Waals surface area contributed by atoms with Crippen LogP contribution in [0, 0.1) is 0 Å². The number of hydrogen-bond acceptors (Lipinski definition) is 2. The molecule has 0 saturated carbocycles. The van der Waals surface area contributed by atoms with Crippen molar-refractivity contribution in [2.75, 3.05) is 6.16 Å². The smallest absolute Gasteiger partial charge is 0.324 e. The number of unbranched alkanes of at least 4 members (excludes halogenated alkanes) is 8. The Morgan fingerprint density at radius 1 is 0.889 bits per heavy atom. The van der Waals surface area contributed by atoms with Crippen LogP contribution in [0.25, 0.3) is 0 Å². The largest absolute Gasteiger partial charge is 0.325 e. The van der Waals surface area contributed by atoms with Gasteiger partial charge in [-0.2, -0.15) is 0 Å². The Morgan fingerprint density at radius 3 is 1.67 bits per heavy atom. The summed E-state index contributed by atoms with van der Waals surface area (Å²) in [6, 6.07) is 0. The first-order valence-electron chi connectivity index (χ1n) is 6.68. The van der Waals surface area contributed by atoms with E-state index in [0.29, 0.717) is 6.42 Å². The maximum Gasteiger partial charge on any atom is 0.325 e. The van der Waals surface area contributed by atoms with E-state index >= 15 is 0 Å². The molecule has 2 N–H and O–H groups in total. The van der Waals surface area contributed by atoms with Crippen molar-refractivity contribution in [2.24, 2.45) is 0 Å². The van der Waals surface area contributed by atoms with Gasteiger partial charge in [-0.15, -0.1) is 12.6 Å². The van der Waals surface area contributed by atoms with Crippen LogP contribution in [0.2, 0.25) is 0 Å². The van der Waals surface area contributed by atoms with E-state index in [1.807, 2.05) is 0 Å². The third-order valence-electron chi connectivity index (χ3n) is 2.84. The van der Waals surface area contributed by atoms with E-state index in [0.717, 1.165) is 29.9 Å². The topological polar surface area (TPSA) is 57.5 Å². The average molecular weight is 312 g/mol. The number of thiol groups is 1. The summed E-state index contributed by atoms with van der Waals surface area (Å²) in [6.07, 6.45) is 10.9. The van der Waals surface area contributed by atoms with Crippen molar-refractivity contribution in [2.45, 2.75) is 64.2 Å². The fourth-order valence-electron chi connectivity index (χ4n) is 1.83. The lowest BCUT2D eigenvalue weighted by Crippen LogP contribution is -1.88. The van der Waals surface area contributed by atoms with Crippen LogP contribution >= 0.6 is 32.4 Å². The summed E-state index contributed by atoms with van der Waals surface area (Å²) in [6.45, 7) is 0. The first kappa shape index (κ1) is 18.6. The zero-order valence-corrected chi connectivity index (χ0v) is 13.5. The Kier molecular flexibility index (Phi) is 11.8. The Hall–Kier alpha value is 0.590. The van der Waals surface area contributed by atoms with Gasteiger partial charge < -0.3 is 9.79 Å². The minimum Gasteiger partial charge on any atom is -0.324 e. The molecule has 0 amide bonds. The van der Waals surface area contributed by atoms with Crippen molar-refractivity contribution in [3.63, 3.8) is 0 Å². The summed E-state index contributed by atoms with van der Waals surface area (Å²) >= 11 is 8.98. The molecule has 18 heavy (non-hydrogen) atoms. The van der Waals surface area contributed by atoms with E-state index in [2.05, 4.69) is 12.6 Å². The number of rotatable bonds is 12. The predicted octanol–water partition coefficient (Wildman–Crippen LogP) is 4.32. The fourth-order valence-corrected chi connectivity index (χ4v) is 2.77. The van der Waals surface area contributed by atoms with Crippen LogP contribution in [0.1, 0.15) is 64.2 Å². The van der Waals surface area contributed by atoms with Gasteiger partial charge in [-0.1, -0.05) is 57.2 Å². The summed E-state index contributed by atoms with van der Waals surface area (Å²) < 4.78 is 11.4. The van der Waals surface area contributed by atoms with Crippen molar-refractivity contribution >= 4 is 36.6 Å². The summed E-state index contributed by atoms with van der Waals surface area (Å²) in [7, 11) is -3.76. The van der Waals surface area contributed by atoms with Gasteiger partial charge in [0.2, 0.25) is 0 Å². The van der Waals surface area contributed by atoms with Crippen molar-refractivity contribution in [1.29, 1.82) is 0 Å². The highest BCUT2D eigenvalue weighted by Gasteiger charge is 2.10. The van der Waals surface area contributed by atoms with E-state index < -0.39 is 7.60 Å². The second kappa shape index (κ2) is 11.4. The molecule has 0 aromatic heterocycles. The molecule has 0 radical (unpaired) electrons. The molecular formula is C12H25O3PS2. The molecule has 0 aliphatic carbocycles. The van der Waals surface area contributed by atoms with E-state index in [1.165, 1.54) is 32.1 Å². The monoisotopic (exact) mass is 312 g/mol. The lowest BCUT2D eigenvalue weighted by atomic mass is 10.1. The SMILES string of the molecule is O=P(O)(O)CCCCCCCCCCCC(=S)S. The van der Waals surface area contributed by atoms with Gasteiger partial charge in [0, 0.05) is 10.4 Å². The minimum absolute atomic E-state index is 0.0383. The van der Waals surface area contributed by atoms with Gasteiger partial charge in [-0.25, -0.2) is 0 Å². The Labute approximate surface area is 121 Å². The minimum atomic E-state index is -3.76. The third-order valence-corrected chi connectivity index (χ3v) is 4.17. The highest BCUT2D eigenvalue weighted by molar-refractivity contribution is 8.11. The van der Waals surface area contributed by atoms with Crippen LogP contribution < -0.4 is 0 Å². The molecule has 0 aromatic carbocycles. The molecule has 0 atom stereocenters. The van der Waals surface area contributed by atoms with Crippen molar-refractivity contribution < 1.29 is 14.4 Å². The van der Waals surface area contributed by atoms with E-state index in [1.54, 1.807) is 0 Å². The lowest BCUT2D eigenvalue weighted by Gasteiger charge is -2.04. The predicted molar refractivity (Wildman–Crippen MR) is 84.7 cm³/mol. The normalized spacial score (nSPS) is 11.7. The third kappa shape index (κ3) is 16.6. The fraction of sp³-hybridized carbons (Fsp3) is 0.917. The first-order chi connectivity index (χ1) is 8.42. The maximum absolute atomic E-state index is 10.6. The van der Waals surface area contributed by atoms with E-state index in [9.17, 15) is 4.57 Å². The van der Waals surface area contributed by atoms with Crippen LogP contribution in [-0.4, -0.2) is 20.1 Å². The Balaban J connectivity index is 3.08. The van der Waals surface area contributed by atoms with Gasteiger partial charge in [0.15, 0.2) is 0 Å². The first-order valence-corrected chi connectivity index (χ1v) is 9.33. The molecular weight excluding hydrogens is 287 g/mol. The second-order valence-electron chi connectivity index (χ2n) is 4.71. The Bertz CT molecular complexity index is 266. The van der Waals surface area contributed by atoms with Crippen LogP contribution in [0.4, 0.5) is 0 Å². The van der Waals surface area contributed by atoms with Crippen molar-refractivity contribution in [1.82, 2.24) is 0 Å². The van der Waals surface area contributed by atoms with Gasteiger partial charge in [0.25, 0.3) is 0 Å².